The lowest BCUT2D eigenvalue weighted by Crippen LogP contribution is -2.01. The smallest absolute Gasteiger partial charge is 0.207 e. The zero-order valence-corrected chi connectivity index (χ0v) is 8.99. The lowest BCUT2D eigenvalue weighted by Gasteiger charge is -2.06. The standard InChI is InChI=1S/C10H15N5/c1-3-4-15-7-8(2)13-10(15)14-9-5-11-12-6-9/h5-7H,3-4H2,1-2H3,(H,11,12)(H,13,14). The minimum Gasteiger partial charge on any atom is -0.323 e. The number of aromatic amines is 1. The summed E-state index contributed by atoms with van der Waals surface area (Å²) in [6, 6.07) is 0. The number of rotatable bonds is 4. The highest BCUT2D eigenvalue weighted by Gasteiger charge is 2.05. The van der Waals surface area contributed by atoms with E-state index >= 15 is 0 Å². The fourth-order valence-corrected chi connectivity index (χ4v) is 1.51. The second kappa shape index (κ2) is 4.16. The van der Waals surface area contributed by atoms with Gasteiger partial charge < -0.3 is 9.88 Å². The summed E-state index contributed by atoms with van der Waals surface area (Å²) in [7, 11) is 0. The van der Waals surface area contributed by atoms with E-state index < -0.39 is 0 Å². The van der Waals surface area contributed by atoms with Gasteiger partial charge in [-0.2, -0.15) is 5.10 Å². The number of anilines is 2. The van der Waals surface area contributed by atoms with E-state index in [0.717, 1.165) is 30.3 Å². The third kappa shape index (κ3) is 2.18. The highest BCUT2D eigenvalue weighted by Crippen LogP contribution is 2.14. The van der Waals surface area contributed by atoms with Gasteiger partial charge in [-0.3, -0.25) is 5.10 Å². The average molecular weight is 205 g/mol. The molecule has 0 atom stereocenters. The van der Waals surface area contributed by atoms with Crippen LogP contribution in [0.2, 0.25) is 0 Å². The molecule has 0 saturated carbocycles. The van der Waals surface area contributed by atoms with Crippen molar-refractivity contribution in [3.05, 3.63) is 24.3 Å². The largest absolute Gasteiger partial charge is 0.323 e. The average Bonchev–Trinajstić information content (AvgIpc) is 2.78. The molecule has 2 aromatic heterocycles. The first kappa shape index (κ1) is 9.76. The highest BCUT2D eigenvalue weighted by atomic mass is 15.2. The summed E-state index contributed by atoms with van der Waals surface area (Å²) in [6.45, 7) is 5.12. The Morgan fingerprint density at radius 2 is 2.40 bits per heavy atom. The van der Waals surface area contributed by atoms with Crippen LogP contribution in [0.5, 0.6) is 0 Å². The van der Waals surface area contributed by atoms with Gasteiger partial charge in [0.1, 0.15) is 0 Å². The Labute approximate surface area is 88.5 Å². The van der Waals surface area contributed by atoms with Crippen molar-refractivity contribution in [1.29, 1.82) is 0 Å². The molecule has 0 aliphatic rings. The highest BCUT2D eigenvalue weighted by molar-refractivity contribution is 5.50. The van der Waals surface area contributed by atoms with Crippen LogP contribution in [0.25, 0.3) is 0 Å². The number of aromatic nitrogens is 4. The van der Waals surface area contributed by atoms with E-state index in [1.165, 1.54) is 0 Å². The van der Waals surface area contributed by atoms with E-state index in [1.807, 2.05) is 13.1 Å². The number of hydrogen-bond donors (Lipinski definition) is 2. The monoisotopic (exact) mass is 205 g/mol. The topological polar surface area (TPSA) is 58.5 Å². The van der Waals surface area contributed by atoms with Crippen LogP contribution >= 0.6 is 0 Å². The Hall–Kier alpha value is -1.78. The molecule has 0 amide bonds. The van der Waals surface area contributed by atoms with Gasteiger partial charge in [0.05, 0.1) is 17.6 Å². The number of imidazole rings is 1. The van der Waals surface area contributed by atoms with Crippen molar-refractivity contribution >= 4 is 11.6 Å². The molecule has 0 radical (unpaired) electrons. The molecule has 0 saturated heterocycles. The molecule has 2 rings (SSSR count). The molecule has 0 unspecified atom stereocenters. The molecule has 2 N–H and O–H groups in total. The molecule has 0 aromatic carbocycles. The van der Waals surface area contributed by atoms with Crippen molar-refractivity contribution in [2.24, 2.45) is 0 Å². The van der Waals surface area contributed by atoms with Gasteiger partial charge >= 0.3 is 0 Å². The van der Waals surface area contributed by atoms with Crippen molar-refractivity contribution in [2.75, 3.05) is 5.32 Å². The first-order chi connectivity index (χ1) is 7.29. The predicted octanol–water partition coefficient (Wildman–Crippen LogP) is 2.07. The van der Waals surface area contributed by atoms with Gasteiger partial charge in [0, 0.05) is 18.9 Å². The first-order valence-corrected chi connectivity index (χ1v) is 5.09. The van der Waals surface area contributed by atoms with Gasteiger partial charge in [-0.05, 0) is 13.3 Å². The van der Waals surface area contributed by atoms with Gasteiger partial charge in [-0.1, -0.05) is 6.92 Å². The third-order valence-corrected chi connectivity index (χ3v) is 2.12. The zero-order chi connectivity index (χ0) is 10.7. The summed E-state index contributed by atoms with van der Waals surface area (Å²) in [6.07, 6.45) is 6.68. The molecular formula is C10H15N5. The summed E-state index contributed by atoms with van der Waals surface area (Å²) in [5.41, 5.74) is 1.95. The first-order valence-electron chi connectivity index (χ1n) is 5.09. The number of nitrogens with one attached hydrogen (secondary N) is 2. The van der Waals surface area contributed by atoms with Gasteiger partial charge in [-0.25, -0.2) is 4.98 Å². The normalized spacial score (nSPS) is 10.5. The molecule has 0 aliphatic heterocycles. The van der Waals surface area contributed by atoms with Crippen LogP contribution in [0, 0.1) is 6.92 Å². The van der Waals surface area contributed by atoms with Crippen molar-refractivity contribution in [1.82, 2.24) is 19.7 Å². The molecule has 0 aliphatic carbocycles. The Morgan fingerprint density at radius 3 is 3.07 bits per heavy atom. The maximum Gasteiger partial charge on any atom is 0.207 e. The Morgan fingerprint density at radius 1 is 1.53 bits per heavy atom. The molecule has 5 heteroatoms. The van der Waals surface area contributed by atoms with Gasteiger partial charge in [-0.15, -0.1) is 0 Å². The van der Waals surface area contributed by atoms with E-state index in [9.17, 15) is 0 Å². The molecular weight excluding hydrogens is 190 g/mol. The summed E-state index contributed by atoms with van der Waals surface area (Å²) in [4.78, 5) is 4.41. The van der Waals surface area contributed by atoms with E-state index in [-0.39, 0.29) is 0 Å². The molecule has 2 heterocycles. The summed E-state index contributed by atoms with van der Waals surface area (Å²) in [5, 5.41) is 9.85. The van der Waals surface area contributed by atoms with Crippen molar-refractivity contribution < 1.29 is 0 Å². The summed E-state index contributed by atoms with van der Waals surface area (Å²) < 4.78 is 2.11. The van der Waals surface area contributed by atoms with Crippen LogP contribution in [0.3, 0.4) is 0 Å². The molecule has 80 valence electrons. The quantitative estimate of drug-likeness (QED) is 0.803. The van der Waals surface area contributed by atoms with Crippen LogP contribution in [0.1, 0.15) is 19.0 Å². The van der Waals surface area contributed by atoms with E-state index in [4.69, 9.17) is 0 Å². The van der Waals surface area contributed by atoms with Gasteiger partial charge in [0.25, 0.3) is 0 Å². The third-order valence-electron chi connectivity index (χ3n) is 2.12. The Bertz CT molecular complexity index is 415. The SMILES string of the molecule is CCCn1cc(C)nc1Nc1cn[nH]c1. The van der Waals surface area contributed by atoms with E-state index in [2.05, 4.69) is 32.0 Å². The number of hydrogen-bond acceptors (Lipinski definition) is 3. The second-order valence-corrected chi connectivity index (χ2v) is 3.51. The Kier molecular flexibility index (Phi) is 2.71. The second-order valence-electron chi connectivity index (χ2n) is 3.51. The lowest BCUT2D eigenvalue weighted by atomic mass is 10.5. The number of H-pyrrole nitrogens is 1. The van der Waals surface area contributed by atoms with Crippen LogP contribution in [-0.2, 0) is 6.54 Å². The molecule has 2 aromatic rings. The fourth-order valence-electron chi connectivity index (χ4n) is 1.51. The molecule has 0 fully saturated rings. The minimum absolute atomic E-state index is 0.871. The maximum atomic E-state index is 4.41. The Balaban J connectivity index is 2.19. The van der Waals surface area contributed by atoms with Gasteiger partial charge in [0.2, 0.25) is 5.95 Å². The predicted molar refractivity (Wildman–Crippen MR) is 59.1 cm³/mol. The minimum atomic E-state index is 0.871. The maximum absolute atomic E-state index is 4.41. The summed E-state index contributed by atoms with van der Waals surface area (Å²) in [5.74, 6) is 0.871. The lowest BCUT2D eigenvalue weighted by molar-refractivity contribution is 0.686. The van der Waals surface area contributed by atoms with Gasteiger partial charge in [0.15, 0.2) is 0 Å². The molecule has 0 bridgehead atoms. The van der Waals surface area contributed by atoms with E-state index in [0.29, 0.717) is 0 Å². The van der Waals surface area contributed by atoms with Crippen LogP contribution in [0.4, 0.5) is 11.6 Å². The zero-order valence-electron chi connectivity index (χ0n) is 8.99. The van der Waals surface area contributed by atoms with Crippen molar-refractivity contribution in [3.8, 4) is 0 Å². The van der Waals surface area contributed by atoms with Crippen LogP contribution in [-0.4, -0.2) is 19.7 Å². The van der Waals surface area contributed by atoms with E-state index in [1.54, 1.807) is 12.4 Å². The van der Waals surface area contributed by atoms with Crippen LogP contribution in [0.15, 0.2) is 18.6 Å². The fraction of sp³-hybridized carbons (Fsp3) is 0.400. The number of nitrogens with zero attached hydrogens (tertiary/aromatic N) is 3. The molecule has 0 spiro atoms. The van der Waals surface area contributed by atoms with Crippen LogP contribution < -0.4 is 5.32 Å². The molecule has 5 nitrogen and oxygen atoms in total. The van der Waals surface area contributed by atoms with Crippen molar-refractivity contribution in [2.45, 2.75) is 26.8 Å². The number of aryl methyl sites for hydroxylation is 2. The summed E-state index contributed by atoms with van der Waals surface area (Å²) >= 11 is 0. The van der Waals surface area contributed by atoms with Crippen molar-refractivity contribution in [3.63, 3.8) is 0 Å². The molecule has 15 heavy (non-hydrogen) atoms.